The molecule has 1 fully saturated rings. The second-order valence-electron chi connectivity index (χ2n) is 9.70. The number of rotatable bonds is 7. The molecular formula is C31H27F3N2O2S2. The van der Waals surface area contributed by atoms with Crippen molar-refractivity contribution in [2.75, 3.05) is 13.1 Å². The van der Waals surface area contributed by atoms with Gasteiger partial charge in [0.1, 0.15) is 10.8 Å². The zero-order valence-corrected chi connectivity index (χ0v) is 23.1. The summed E-state index contributed by atoms with van der Waals surface area (Å²) in [5, 5.41) is 10.6. The highest BCUT2D eigenvalue weighted by molar-refractivity contribution is 7.99. The molecular weight excluding hydrogens is 553 g/mol. The van der Waals surface area contributed by atoms with E-state index in [2.05, 4.69) is 4.98 Å². The molecule has 4 aromatic rings. The molecule has 0 atom stereocenters. The number of hydrogen-bond donors (Lipinski definition) is 1. The third-order valence-electron chi connectivity index (χ3n) is 6.73. The Labute approximate surface area is 239 Å². The van der Waals surface area contributed by atoms with Crippen molar-refractivity contribution >= 4 is 29.4 Å². The van der Waals surface area contributed by atoms with Crippen LogP contribution in [0.25, 0.3) is 0 Å². The zero-order valence-electron chi connectivity index (χ0n) is 21.5. The molecule has 0 unspecified atom stereocenters. The lowest BCUT2D eigenvalue weighted by atomic mass is 9.90. The molecule has 40 heavy (non-hydrogen) atoms. The predicted molar refractivity (Wildman–Crippen MR) is 151 cm³/mol. The van der Waals surface area contributed by atoms with Gasteiger partial charge in [-0.05, 0) is 85.3 Å². The van der Waals surface area contributed by atoms with Gasteiger partial charge in [0.25, 0.3) is 5.91 Å². The first kappa shape index (κ1) is 28.1. The fraction of sp³-hybridized carbons (Fsp3) is 0.226. The van der Waals surface area contributed by atoms with Gasteiger partial charge in [-0.2, -0.15) is 13.2 Å². The van der Waals surface area contributed by atoms with Crippen molar-refractivity contribution in [2.45, 2.75) is 45.2 Å². The van der Waals surface area contributed by atoms with Crippen molar-refractivity contribution < 1.29 is 23.1 Å². The van der Waals surface area contributed by atoms with Crippen LogP contribution in [0.3, 0.4) is 0 Å². The van der Waals surface area contributed by atoms with Gasteiger partial charge in [0, 0.05) is 39.5 Å². The second kappa shape index (κ2) is 12.4. The Kier molecular flexibility index (Phi) is 8.71. The summed E-state index contributed by atoms with van der Waals surface area (Å²) < 4.78 is 39.1. The molecule has 1 aliphatic rings. The number of amides is 1. The summed E-state index contributed by atoms with van der Waals surface area (Å²) in [4.78, 5) is 21.9. The average Bonchev–Trinajstić information content (AvgIpc) is 2.93. The van der Waals surface area contributed by atoms with Gasteiger partial charge in [0.05, 0.1) is 5.56 Å². The molecule has 1 aliphatic heterocycles. The van der Waals surface area contributed by atoms with Crippen LogP contribution >= 0.6 is 23.5 Å². The number of carbonyl (C=O) groups excluding carboxylic acids is 1. The van der Waals surface area contributed by atoms with Crippen LogP contribution in [-0.2, 0) is 12.6 Å². The first-order valence-electron chi connectivity index (χ1n) is 12.9. The lowest BCUT2D eigenvalue weighted by Crippen LogP contribution is -2.38. The molecule has 0 radical (unpaired) electrons. The van der Waals surface area contributed by atoms with E-state index in [9.17, 15) is 23.1 Å². The van der Waals surface area contributed by atoms with E-state index < -0.39 is 11.7 Å². The zero-order chi connectivity index (χ0) is 28.1. The van der Waals surface area contributed by atoms with Crippen molar-refractivity contribution in [1.82, 2.24) is 9.88 Å². The topological polar surface area (TPSA) is 53.4 Å². The summed E-state index contributed by atoms with van der Waals surface area (Å²) in [6, 6.07) is 24.7. The number of alkyl halides is 3. The van der Waals surface area contributed by atoms with E-state index in [4.69, 9.17) is 0 Å². The molecule has 206 valence electrons. The number of pyridine rings is 1. The van der Waals surface area contributed by atoms with Gasteiger partial charge in [-0.3, -0.25) is 4.79 Å². The quantitative estimate of drug-likeness (QED) is 0.239. The third kappa shape index (κ3) is 7.40. The van der Waals surface area contributed by atoms with Gasteiger partial charge >= 0.3 is 6.18 Å². The van der Waals surface area contributed by atoms with Gasteiger partial charge in [-0.1, -0.05) is 53.9 Å². The largest absolute Gasteiger partial charge is 0.508 e. The van der Waals surface area contributed by atoms with E-state index in [0.29, 0.717) is 29.6 Å². The number of hydrogen-bond acceptors (Lipinski definition) is 5. The molecule has 1 amide bonds. The maximum Gasteiger partial charge on any atom is 0.416 e. The first-order valence-corrected chi connectivity index (χ1v) is 14.5. The molecule has 4 nitrogen and oxygen atoms in total. The predicted octanol–water partition coefficient (Wildman–Crippen LogP) is 8.20. The smallest absolute Gasteiger partial charge is 0.416 e. The Balaban J connectivity index is 1.17. The van der Waals surface area contributed by atoms with Crippen LogP contribution in [-0.4, -0.2) is 34.0 Å². The number of halogens is 3. The number of aromatic nitrogens is 1. The van der Waals surface area contributed by atoms with E-state index in [-0.39, 0.29) is 11.7 Å². The first-order chi connectivity index (χ1) is 19.2. The normalized spacial score (nSPS) is 14.3. The molecule has 1 aromatic heterocycles. The number of likely N-dealkylation sites (tertiary alicyclic amines) is 1. The Morgan fingerprint density at radius 2 is 1.62 bits per heavy atom. The highest BCUT2D eigenvalue weighted by atomic mass is 32.2. The number of benzene rings is 3. The summed E-state index contributed by atoms with van der Waals surface area (Å²) >= 11 is 2.71. The van der Waals surface area contributed by atoms with E-state index in [1.165, 1.54) is 35.8 Å². The SMILES string of the molecule is O=C(c1cc(O)cc(Sc2ccccc2)c1)N1CCC(Cc2cccc(Sc3cc(C(F)(F)F)ccn3)c2)CC1. The van der Waals surface area contributed by atoms with Crippen LogP contribution in [0, 0.1) is 5.92 Å². The van der Waals surface area contributed by atoms with Gasteiger partial charge in [-0.25, -0.2) is 4.98 Å². The van der Waals surface area contributed by atoms with Crippen molar-refractivity contribution in [1.29, 1.82) is 0 Å². The average molecular weight is 581 g/mol. The van der Waals surface area contributed by atoms with Crippen LogP contribution in [0.4, 0.5) is 13.2 Å². The summed E-state index contributed by atoms with van der Waals surface area (Å²) in [6.07, 6.45) is -0.688. The molecule has 0 aliphatic carbocycles. The van der Waals surface area contributed by atoms with E-state index in [1.807, 2.05) is 65.6 Å². The van der Waals surface area contributed by atoms with Gasteiger partial charge in [0.2, 0.25) is 0 Å². The van der Waals surface area contributed by atoms with E-state index in [1.54, 1.807) is 6.07 Å². The van der Waals surface area contributed by atoms with Gasteiger partial charge in [0.15, 0.2) is 0 Å². The second-order valence-corrected chi connectivity index (χ2v) is 11.9. The molecule has 0 spiro atoms. The Morgan fingerprint density at radius 3 is 2.38 bits per heavy atom. The number of piperidine rings is 1. The number of nitrogens with zero attached hydrogens (tertiary/aromatic N) is 2. The van der Waals surface area contributed by atoms with Crippen LogP contribution in [0.1, 0.15) is 34.3 Å². The molecule has 1 saturated heterocycles. The minimum atomic E-state index is -4.40. The minimum absolute atomic E-state index is 0.0669. The van der Waals surface area contributed by atoms with Gasteiger partial charge in [-0.15, -0.1) is 0 Å². The summed E-state index contributed by atoms with van der Waals surface area (Å²) in [7, 11) is 0. The molecule has 3 aromatic carbocycles. The summed E-state index contributed by atoms with van der Waals surface area (Å²) in [5.74, 6) is 0.373. The lowest BCUT2D eigenvalue weighted by molar-refractivity contribution is -0.137. The van der Waals surface area contributed by atoms with Crippen LogP contribution in [0.5, 0.6) is 5.75 Å². The van der Waals surface area contributed by atoms with Crippen molar-refractivity contribution in [2.24, 2.45) is 5.92 Å². The van der Waals surface area contributed by atoms with Crippen molar-refractivity contribution in [3.8, 4) is 5.75 Å². The maximum absolute atomic E-state index is 13.3. The Bertz CT molecular complexity index is 1470. The van der Waals surface area contributed by atoms with Crippen LogP contribution in [0.2, 0.25) is 0 Å². The molecule has 5 rings (SSSR count). The standard InChI is InChI=1S/C31H27F3N2O2S2/c32-31(33,34)24-9-12-35-29(19-24)40-27-8-4-5-22(16-27)15-21-10-13-36(14-11-21)30(38)23-17-25(37)20-28(18-23)39-26-6-2-1-3-7-26/h1-9,12,16-21,37H,10-11,13-15H2. The summed E-state index contributed by atoms with van der Waals surface area (Å²) in [6.45, 7) is 1.26. The van der Waals surface area contributed by atoms with E-state index in [0.717, 1.165) is 51.6 Å². The number of aromatic hydroxyl groups is 1. The number of phenols is 1. The fourth-order valence-corrected chi connectivity index (χ4v) is 6.57. The van der Waals surface area contributed by atoms with Gasteiger partial charge < -0.3 is 10.0 Å². The summed E-state index contributed by atoms with van der Waals surface area (Å²) in [5.41, 5.74) is 0.876. The molecule has 1 N–H and O–H groups in total. The number of phenolic OH excluding ortho intramolecular Hbond substituents is 1. The minimum Gasteiger partial charge on any atom is -0.508 e. The van der Waals surface area contributed by atoms with Crippen molar-refractivity contribution in [3.05, 3.63) is 108 Å². The highest BCUT2D eigenvalue weighted by Crippen LogP contribution is 2.35. The number of carbonyl (C=O) groups is 1. The third-order valence-corrected chi connectivity index (χ3v) is 8.63. The Hall–Kier alpha value is -3.43. The van der Waals surface area contributed by atoms with Crippen molar-refractivity contribution in [3.63, 3.8) is 0 Å². The highest BCUT2D eigenvalue weighted by Gasteiger charge is 2.31. The molecule has 9 heteroatoms. The van der Waals surface area contributed by atoms with Crippen LogP contribution in [0.15, 0.2) is 111 Å². The Morgan fingerprint density at radius 1 is 0.875 bits per heavy atom. The molecule has 0 bridgehead atoms. The maximum atomic E-state index is 13.3. The van der Waals surface area contributed by atoms with E-state index >= 15 is 0 Å². The molecule has 2 heterocycles. The van der Waals surface area contributed by atoms with Crippen LogP contribution < -0.4 is 0 Å². The lowest BCUT2D eigenvalue weighted by Gasteiger charge is -2.32. The molecule has 0 saturated carbocycles. The fourth-order valence-electron chi connectivity index (χ4n) is 4.74. The monoisotopic (exact) mass is 580 g/mol.